The first-order valence-corrected chi connectivity index (χ1v) is 8.26. The summed E-state index contributed by atoms with van der Waals surface area (Å²) in [6, 6.07) is 0.140. The molecule has 1 unspecified atom stereocenters. The monoisotopic (exact) mass is 267 g/mol. The zero-order valence-corrected chi connectivity index (χ0v) is 12.1. The summed E-state index contributed by atoms with van der Waals surface area (Å²) < 4.78 is 0. The molecule has 19 heavy (non-hydrogen) atoms. The van der Waals surface area contributed by atoms with Crippen LogP contribution in [-0.2, 0) is 4.79 Å². The van der Waals surface area contributed by atoms with E-state index < -0.39 is 5.97 Å². The smallest absolute Gasteiger partial charge is 0.320 e. The standard InChI is InChI=1S/C16H29NO2/c18-16(19)15(17-14-11-7-4-8-12-14)13-9-5-2-1-3-6-10-13/h13-15,17H,1-12H2,(H,18,19). The number of carboxylic acid groups (broad SMARTS) is 1. The van der Waals surface area contributed by atoms with Gasteiger partial charge in [-0.2, -0.15) is 0 Å². The molecule has 110 valence electrons. The van der Waals surface area contributed by atoms with Gasteiger partial charge in [0.1, 0.15) is 6.04 Å². The van der Waals surface area contributed by atoms with E-state index in [2.05, 4.69) is 5.32 Å². The number of rotatable bonds is 4. The van der Waals surface area contributed by atoms with Crippen LogP contribution in [0.1, 0.15) is 77.0 Å². The van der Waals surface area contributed by atoms with E-state index in [4.69, 9.17) is 0 Å². The second-order valence-electron chi connectivity index (χ2n) is 6.42. The summed E-state index contributed by atoms with van der Waals surface area (Å²) in [4.78, 5) is 11.6. The van der Waals surface area contributed by atoms with Crippen molar-refractivity contribution in [3.8, 4) is 0 Å². The van der Waals surface area contributed by atoms with Crippen LogP contribution in [0.5, 0.6) is 0 Å². The van der Waals surface area contributed by atoms with Crippen molar-refractivity contribution >= 4 is 5.97 Å². The molecule has 0 radical (unpaired) electrons. The molecule has 1 atom stereocenters. The van der Waals surface area contributed by atoms with Gasteiger partial charge in [0.15, 0.2) is 0 Å². The highest BCUT2D eigenvalue weighted by molar-refractivity contribution is 5.73. The summed E-state index contributed by atoms with van der Waals surface area (Å²) in [7, 11) is 0. The molecule has 0 heterocycles. The topological polar surface area (TPSA) is 49.3 Å². The molecule has 3 nitrogen and oxygen atoms in total. The van der Waals surface area contributed by atoms with Crippen molar-refractivity contribution in [1.82, 2.24) is 5.32 Å². The predicted molar refractivity (Wildman–Crippen MR) is 77.2 cm³/mol. The first kappa shape index (κ1) is 14.8. The molecule has 0 amide bonds. The predicted octanol–water partition coefficient (Wildman–Crippen LogP) is 3.72. The fourth-order valence-electron chi connectivity index (χ4n) is 3.75. The Morgan fingerprint density at radius 3 is 1.89 bits per heavy atom. The molecule has 0 aromatic carbocycles. The van der Waals surface area contributed by atoms with Crippen LogP contribution in [0, 0.1) is 5.92 Å². The molecule has 2 N–H and O–H groups in total. The highest BCUT2D eigenvalue weighted by atomic mass is 16.4. The van der Waals surface area contributed by atoms with Crippen molar-refractivity contribution in [3.05, 3.63) is 0 Å². The van der Waals surface area contributed by atoms with Gasteiger partial charge in [0.05, 0.1) is 0 Å². The zero-order chi connectivity index (χ0) is 13.5. The number of nitrogens with one attached hydrogen (secondary N) is 1. The highest BCUT2D eigenvalue weighted by Crippen LogP contribution is 2.27. The van der Waals surface area contributed by atoms with E-state index in [9.17, 15) is 9.90 Å². The summed E-state index contributed by atoms with van der Waals surface area (Å²) in [5, 5.41) is 13.0. The third kappa shape index (κ3) is 4.79. The molecule has 2 aliphatic rings. The summed E-state index contributed by atoms with van der Waals surface area (Å²) in [5.74, 6) is -0.282. The molecule has 0 bridgehead atoms. The van der Waals surface area contributed by atoms with Gasteiger partial charge >= 0.3 is 5.97 Å². The van der Waals surface area contributed by atoms with Crippen LogP contribution in [0.3, 0.4) is 0 Å². The van der Waals surface area contributed by atoms with Gasteiger partial charge in [-0.15, -0.1) is 0 Å². The van der Waals surface area contributed by atoms with Crippen molar-refractivity contribution in [2.75, 3.05) is 0 Å². The van der Waals surface area contributed by atoms with Gasteiger partial charge < -0.3 is 10.4 Å². The maximum absolute atomic E-state index is 11.6. The first-order chi connectivity index (χ1) is 9.27. The largest absolute Gasteiger partial charge is 0.480 e. The Hall–Kier alpha value is -0.570. The van der Waals surface area contributed by atoms with E-state index >= 15 is 0 Å². The SMILES string of the molecule is O=C(O)C(NC1CCCCC1)C1CCCCCCC1. The number of carbonyl (C=O) groups is 1. The Morgan fingerprint density at radius 2 is 1.32 bits per heavy atom. The Bertz CT molecular complexity index is 266. The molecule has 0 aliphatic heterocycles. The summed E-state index contributed by atoms with van der Waals surface area (Å²) in [6.07, 6.45) is 14.7. The van der Waals surface area contributed by atoms with Crippen molar-refractivity contribution in [2.45, 2.75) is 89.1 Å². The van der Waals surface area contributed by atoms with Crippen LogP contribution in [-0.4, -0.2) is 23.2 Å². The summed E-state index contributed by atoms with van der Waals surface area (Å²) in [6.45, 7) is 0. The number of aliphatic carboxylic acids is 1. The van der Waals surface area contributed by atoms with E-state index in [0.717, 1.165) is 25.7 Å². The molecule has 2 saturated carbocycles. The fraction of sp³-hybridized carbons (Fsp3) is 0.938. The van der Waals surface area contributed by atoms with E-state index in [-0.39, 0.29) is 6.04 Å². The van der Waals surface area contributed by atoms with Crippen LogP contribution in [0.15, 0.2) is 0 Å². The molecule has 0 saturated heterocycles. The Kier molecular flexibility index (Phi) is 6.15. The maximum atomic E-state index is 11.6. The Labute approximate surface area is 117 Å². The average molecular weight is 267 g/mol. The molecule has 2 fully saturated rings. The third-order valence-corrected chi connectivity index (χ3v) is 4.91. The van der Waals surface area contributed by atoms with Crippen LogP contribution in [0.2, 0.25) is 0 Å². The normalized spacial score (nSPS) is 25.5. The molecule has 0 spiro atoms. The number of hydrogen-bond donors (Lipinski definition) is 2. The third-order valence-electron chi connectivity index (χ3n) is 4.91. The van der Waals surface area contributed by atoms with Gasteiger partial charge in [-0.25, -0.2) is 0 Å². The molecule has 0 aromatic heterocycles. The second kappa shape index (κ2) is 7.88. The van der Waals surface area contributed by atoms with Crippen LogP contribution in [0.25, 0.3) is 0 Å². The van der Waals surface area contributed by atoms with Crippen molar-refractivity contribution in [2.24, 2.45) is 5.92 Å². The summed E-state index contributed by atoms with van der Waals surface area (Å²) in [5.41, 5.74) is 0. The van der Waals surface area contributed by atoms with Crippen molar-refractivity contribution in [3.63, 3.8) is 0 Å². The van der Waals surface area contributed by atoms with Gasteiger partial charge in [-0.05, 0) is 31.6 Å². The first-order valence-electron chi connectivity index (χ1n) is 8.26. The minimum atomic E-state index is -0.629. The van der Waals surface area contributed by atoms with E-state index in [1.165, 1.54) is 51.4 Å². The fourth-order valence-corrected chi connectivity index (χ4v) is 3.75. The average Bonchev–Trinajstić information content (AvgIpc) is 2.37. The second-order valence-corrected chi connectivity index (χ2v) is 6.42. The van der Waals surface area contributed by atoms with Crippen LogP contribution < -0.4 is 5.32 Å². The molecule has 0 aromatic rings. The van der Waals surface area contributed by atoms with E-state index in [0.29, 0.717) is 12.0 Å². The minimum absolute atomic E-state index is 0.304. The van der Waals surface area contributed by atoms with Gasteiger partial charge in [0, 0.05) is 6.04 Å². The van der Waals surface area contributed by atoms with Gasteiger partial charge in [0.25, 0.3) is 0 Å². The van der Waals surface area contributed by atoms with Crippen LogP contribution in [0.4, 0.5) is 0 Å². The number of hydrogen-bond acceptors (Lipinski definition) is 2. The van der Waals surface area contributed by atoms with Gasteiger partial charge in [-0.3, -0.25) is 4.79 Å². The summed E-state index contributed by atoms with van der Waals surface area (Å²) >= 11 is 0. The lowest BCUT2D eigenvalue weighted by atomic mass is 9.84. The Balaban J connectivity index is 1.90. The molecule has 2 rings (SSSR count). The molecular weight excluding hydrogens is 238 g/mol. The zero-order valence-electron chi connectivity index (χ0n) is 12.1. The minimum Gasteiger partial charge on any atom is -0.480 e. The van der Waals surface area contributed by atoms with E-state index in [1.54, 1.807) is 0 Å². The lowest BCUT2D eigenvalue weighted by Crippen LogP contribution is -2.48. The lowest BCUT2D eigenvalue weighted by Gasteiger charge is -2.32. The van der Waals surface area contributed by atoms with Crippen molar-refractivity contribution < 1.29 is 9.90 Å². The molecule has 3 heteroatoms. The van der Waals surface area contributed by atoms with Crippen LogP contribution >= 0.6 is 0 Å². The van der Waals surface area contributed by atoms with Crippen molar-refractivity contribution in [1.29, 1.82) is 0 Å². The Morgan fingerprint density at radius 1 is 0.842 bits per heavy atom. The van der Waals surface area contributed by atoms with Gasteiger partial charge in [0.2, 0.25) is 0 Å². The maximum Gasteiger partial charge on any atom is 0.320 e. The quantitative estimate of drug-likeness (QED) is 0.816. The lowest BCUT2D eigenvalue weighted by molar-refractivity contribution is -0.141. The van der Waals surface area contributed by atoms with E-state index in [1.807, 2.05) is 0 Å². The molecular formula is C16H29NO2. The molecule has 2 aliphatic carbocycles. The number of carboxylic acids is 1. The van der Waals surface area contributed by atoms with Gasteiger partial charge in [-0.1, -0.05) is 51.4 Å². The highest BCUT2D eigenvalue weighted by Gasteiger charge is 2.30.